The number of carbonyl (C=O) groups is 1. The van der Waals surface area contributed by atoms with Crippen molar-refractivity contribution in [1.29, 1.82) is 0 Å². The number of hydrogen-bond donors (Lipinski definition) is 0. The Labute approximate surface area is 130 Å². The molecule has 1 atom stereocenters. The van der Waals surface area contributed by atoms with Gasteiger partial charge in [-0.3, -0.25) is 4.79 Å². The normalized spacial score (nSPS) is 17.6. The van der Waals surface area contributed by atoms with Crippen LogP contribution in [0.25, 0.3) is 0 Å². The summed E-state index contributed by atoms with van der Waals surface area (Å²) in [6, 6.07) is 18.1. The van der Waals surface area contributed by atoms with Crippen molar-refractivity contribution in [2.24, 2.45) is 5.10 Å². The fraction of sp³-hybridized carbons (Fsp3) is 0.222. The van der Waals surface area contributed by atoms with Gasteiger partial charge in [-0.2, -0.15) is 5.10 Å². The fourth-order valence-electron chi connectivity index (χ4n) is 2.47. The monoisotopic (exact) mass is 293 g/mol. The van der Waals surface area contributed by atoms with Gasteiger partial charge in [-0.05, 0) is 23.3 Å². The first-order valence-electron chi connectivity index (χ1n) is 7.33. The number of β-lactam (4-membered cyclic amide) rings is 1. The smallest absolute Gasteiger partial charge is 0.245 e. The molecule has 2 aromatic rings. The molecule has 0 radical (unpaired) electrons. The van der Waals surface area contributed by atoms with Gasteiger partial charge < -0.3 is 4.90 Å². The van der Waals surface area contributed by atoms with Crippen LogP contribution in [-0.2, 0) is 4.79 Å². The minimum absolute atomic E-state index is 0.0611. The van der Waals surface area contributed by atoms with E-state index in [2.05, 4.69) is 5.10 Å². The van der Waals surface area contributed by atoms with Crippen LogP contribution in [0.1, 0.15) is 23.6 Å². The number of hydrogen-bond acceptors (Lipinski definition) is 3. The summed E-state index contributed by atoms with van der Waals surface area (Å²) < 4.78 is 0. The van der Waals surface area contributed by atoms with Crippen molar-refractivity contribution in [3.63, 3.8) is 0 Å². The third kappa shape index (κ3) is 2.86. The van der Waals surface area contributed by atoms with Gasteiger partial charge in [-0.1, -0.05) is 42.5 Å². The molecule has 0 aliphatic carbocycles. The van der Waals surface area contributed by atoms with Gasteiger partial charge in [0.05, 0.1) is 18.7 Å². The Kier molecular flexibility index (Phi) is 3.92. The number of hydrazone groups is 1. The first kappa shape index (κ1) is 14.3. The summed E-state index contributed by atoms with van der Waals surface area (Å²) in [4.78, 5) is 13.8. The van der Waals surface area contributed by atoms with Crippen LogP contribution in [0.5, 0.6) is 0 Å². The van der Waals surface area contributed by atoms with E-state index < -0.39 is 0 Å². The van der Waals surface area contributed by atoms with Gasteiger partial charge in [0.25, 0.3) is 0 Å². The molecule has 4 heteroatoms. The van der Waals surface area contributed by atoms with E-state index in [4.69, 9.17) is 0 Å². The third-order valence-corrected chi connectivity index (χ3v) is 3.84. The topological polar surface area (TPSA) is 35.9 Å². The molecular formula is C18H19N3O. The minimum Gasteiger partial charge on any atom is -0.378 e. The van der Waals surface area contributed by atoms with Gasteiger partial charge in [0.15, 0.2) is 0 Å². The minimum atomic E-state index is 0.0611. The molecule has 1 amide bonds. The average molecular weight is 293 g/mol. The second-order valence-corrected chi connectivity index (χ2v) is 5.60. The molecule has 4 nitrogen and oxygen atoms in total. The van der Waals surface area contributed by atoms with E-state index in [0.29, 0.717) is 6.42 Å². The standard InChI is InChI=1S/C18H19N3O/c1-20(2)16-10-8-14(9-11-16)13-19-21-17(12-18(21)22)15-6-4-3-5-7-15/h3-11,13,17H,12H2,1-2H3/b19-13-/t17-/m0/s1. The van der Waals surface area contributed by atoms with Crippen molar-refractivity contribution >= 4 is 17.8 Å². The molecule has 1 saturated heterocycles. The molecule has 22 heavy (non-hydrogen) atoms. The van der Waals surface area contributed by atoms with Crippen LogP contribution >= 0.6 is 0 Å². The van der Waals surface area contributed by atoms with Crippen molar-refractivity contribution in [2.45, 2.75) is 12.5 Å². The summed E-state index contributed by atoms with van der Waals surface area (Å²) in [6.45, 7) is 0. The Morgan fingerprint density at radius 2 is 1.77 bits per heavy atom. The molecule has 1 heterocycles. The maximum atomic E-state index is 11.8. The van der Waals surface area contributed by atoms with Crippen LogP contribution in [0.3, 0.4) is 0 Å². The van der Waals surface area contributed by atoms with Crippen molar-refractivity contribution in [3.8, 4) is 0 Å². The van der Waals surface area contributed by atoms with E-state index in [9.17, 15) is 4.79 Å². The van der Waals surface area contributed by atoms with Gasteiger partial charge in [0, 0.05) is 19.8 Å². The van der Waals surface area contributed by atoms with Gasteiger partial charge in [-0.15, -0.1) is 0 Å². The van der Waals surface area contributed by atoms with Crippen LogP contribution in [0.15, 0.2) is 59.7 Å². The predicted molar refractivity (Wildman–Crippen MR) is 89.0 cm³/mol. The number of carbonyl (C=O) groups excluding carboxylic acids is 1. The lowest BCUT2D eigenvalue weighted by molar-refractivity contribution is -0.146. The zero-order valence-corrected chi connectivity index (χ0v) is 12.8. The summed E-state index contributed by atoms with van der Waals surface area (Å²) in [6.07, 6.45) is 2.27. The largest absolute Gasteiger partial charge is 0.378 e. The Balaban J connectivity index is 1.72. The van der Waals surface area contributed by atoms with E-state index in [1.165, 1.54) is 0 Å². The first-order chi connectivity index (χ1) is 10.6. The summed E-state index contributed by atoms with van der Waals surface area (Å²) in [5.74, 6) is 0.0648. The van der Waals surface area contributed by atoms with Crippen molar-refractivity contribution in [1.82, 2.24) is 5.01 Å². The molecule has 1 aliphatic heterocycles. The zero-order valence-electron chi connectivity index (χ0n) is 12.8. The Morgan fingerprint density at radius 3 is 2.36 bits per heavy atom. The molecule has 0 spiro atoms. The lowest BCUT2D eigenvalue weighted by atomic mass is 9.96. The quantitative estimate of drug-likeness (QED) is 0.641. The lowest BCUT2D eigenvalue weighted by Gasteiger charge is -2.36. The predicted octanol–water partition coefficient (Wildman–Crippen LogP) is 3.06. The number of rotatable bonds is 4. The van der Waals surface area contributed by atoms with Crippen molar-refractivity contribution in [3.05, 3.63) is 65.7 Å². The highest BCUT2D eigenvalue weighted by Gasteiger charge is 2.37. The van der Waals surface area contributed by atoms with Gasteiger partial charge >= 0.3 is 0 Å². The number of nitrogens with zero attached hydrogens (tertiary/aromatic N) is 3. The molecule has 1 aliphatic rings. The molecule has 2 aromatic carbocycles. The Hall–Kier alpha value is -2.62. The highest BCUT2D eigenvalue weighted by Crippen LogP contribution is 2.34. The highest BCUT2D eigenvalue weighted by atomic mass is 16.2. The SMILES string of the molecule is CN(C)c1ccc(/C=N\N2C(=O)C[C@H]2c2ccccc2)cc1. The Bertz CT molecular complexity index is 677. The van der Waals surface area contributed by atoms with E-state index >= 15 is 0 Å². The highest BCUT2D eigenvalue weighted by molar-refractivity contribution is 5.86. The summed E-state index contributed by atoms with van der Waals surface area (Å²) in [5, 5.41) is 5.92. The molecular weight excluding hydrogens is 274 g/mol. The number of anilines is 1. The van der Waals surface area contributed by atoms with Crippen LogP contribution < -0.4 is 4.90 Å². The molecule has 0 bridgehead atoms. The second-order valence-electron chi connectivity index (χ2n) is 5.60. The number of amides is 1. The molecule has 0 saturated carbocycles. The molecule has 3 rings (SSSR count). The van der Waals surface area contributed by atoms with E-state index in [-0.39, 0.29) is 11.9 Å². The van der Waals surface area contributed by atoms with E-state index in [1.54, 1.807) is 11.2 Å². The molecule has 1 fully saturated rings. The maximum absolute atomic E-state index is 11.8. The van der Waals surface area contributed by atoms with Crippen LogP contribution in [0, 0.1) is 0 Å². The van der Waals surface area contributed by atoms with Gasteiger partial charge in [-0.25, -0.2) is 5.01 Å². The number of benzene rings is 2. The molecule has 0 unspecified atom stereocenters. The van der Waals surface area contributed by atoms with E-state index in [1.807, 2.05) is 73.6 Å². The first-order valence-corrected chi connectivity index (χ1v) is 7.33. The zero-order chi connectivity index (χ0) is 15.5. The summed E-state index contributed by atoms with van der Waals surface area (Å²) >= 11 is 0. The molecule has 112 valence electrons. The summed E-state index contributed by atoms with van der Waals surface area (Å²) in [5.41, 5.74) is 3.25. The maximum Gasteiger partial charge on any atom is 0.245 e. The fourth-order valence-corrected chi connectivity index (χ4v) is 2.47. The molecule has 0 aromatic heterocycles. The van der Waals surface area contributed by atoms with Crippen molar-refractivity contribution < 1.29 is 4.79 Å². The van der Waals surface area contributed by atoms with Crippen molar-refractivity contribution in [2.75, 3.05) is 19.0 Å². The van der Waals surface area contributed by atoms with Gasteiger partial charge in [0.2, 0.25) is 5.91 Å². The van der Waals surface area contributed by atoms with E-state index in [0.717, 1.165) is 16.8 Å². The Morgan fingerprint density at radius 1 is 1.09 bits per heavy atom. The van der Waals surface area contributed by atoms with Crippen LogP contribution in [0.4, 0.5) is 5.69 Å². The third-order valence-electron chi connectivity index (χ3n) is 3.84. The lowest BCUT2D eigenvalue weighted by Crippen LogP contribution is -2.42. The second kappa shape index (κ2) is 6.02. The van der Waals surface area contributed by atoms with Crippen LogP contribution in [-0.4, -0.2) is 31.2 Å². The van der Waals surface area contributed by atoms with Gasteiger partial charge in [0.1, 0.15) is 0 Å². The summed E-state index contributed by atoms with van der Waals surface area (Å²) in [7, 11) is 4.01. The average Bonchev–Trinajstić information content (AvgIpc) is 2.54. The molecule has 0 N–H and O–H groups in total. The van der Waals surface area contributed by atoms with Crippen LogP contribution in [0.2, 0.25) is 0 Å².